The maximum absolute atomic E-state index is 12.5. The van der Waals surface area contributed by atoms with Gasteiger partial charge in [-0.2, -0.15) is 0 Å². The summed E-state index contributed by atoms with van der Waals surface area (Å²) in [6.45, 7) is 4.72. The minimum Gasteiger partial charge on any atom is -0.480 e. The highest BCUT2D eigenvalue weighted by molar-refractivity contribution is 5.99. The average molecular weight is 414 g/mol. The first kappa shape index (κ1) is 21.1. The van der Waals surface area contributed by atoms with Crippen molar-refractivity contribution in [2.45, 2.75) is 33.6 Å². The van der Waals surface area contributed by atoms with Gasteiger partial charge in [0.2, 0.25) is 11.8 Å². The van der Waals surface area contributed by atoms with Crippen LogP contribution in [0.2, 0.25) is 0 Å². The molecule has 9 heteroatoms. The maximum atomic E-state index is 12.5. The average Bonchev–Trinajstić information content (AvgIpc) is 3.06. The van der Waals surface area contributed by atoms with Crippen LogP contribution in [-0.4, -0.2) is 36.0 Å². The molecule has 3 aromatic rings. The molecule has 1 aromatic carbocycles. The Kier molecular flexibility index (Phi) is 5.91. The van der Waals surface area contributed by atoms with Crippen molar-refractivity contribution < 1.29 is 28.3 Å². The summed E-state index contributed by atoms with van der Waals surface area (Å²) >= 11 is 0. The van der Waals surface area contributed by atoms with E-state index in [1.807, 2.05) is 26.8 Å². The minimum absolute atomic E-state index is 0.0186. The Bertz CT molecular complexity index is 1220. The number of carboxylic acid groups (broad SMARTS) is 1. The summed E-state index contributed by atoms with van der Waals surface area (Å²) in [6, 6.07) is 1.92. The zero-order chi connectivity index (χ0) is 22.0. The molecule has 3 rings (SSSR count). The van der Waals surface area contributed by atoms with Gasteiger partial charge in [-0.25, -0.2) is 4.79 Å². The van der Waals surface area contributed by atoms with Crippen molar-refractivity contribution in [1.29, 1.82) is 0 Å². The number of nitrogens with one attached hydrogen (secondary N) is 2. The van der Waals surface area contributed by atoms with Gasteiger partial charge in [-0.1, -0.05) is 0 Å². The molecule has 2 amide bonds. The van der Waals surface area contributed by atoms with Crippen LogP contribution in [0.1, 0.15) is 28.7 Å². The highest BCUT2D eigenvalue weighted by atomic mass is 16.4. The summed E-state index contributed by atoms with van der Waals surface area (Å²) in [7, 11) is 0. The molecule has 0 radical (unpaired) electrons. The van der Waals surface area contributed by atoms with Gasteiger partial charge in [0.05, 0.1) is 12.8 Å². The molecular formula is C21H22N2O7. The number of benzene rings is 1. The summed E-state index contributed by atoms with van der Waals surface area (Å²) in [6.07, 6.45) is 1.78. The van der Waals surface area contributed by atoms with Gasteiger partial charge < -0.3 is 24.6 Å². The number of rotatable bonds is 7. The molecule has 0 saturated carbocycles. The number of fused-ring (bicyclic) bond motifs is 2. The van der Waals surface area contributed by atoms with Gasteiger partial charge in [-0.05, 0) is 44.4 Å². The highest BCUT2D eigenvalue weighted by Crippen LogP contribution is 2.32. The van der Waals surface area contributed by atoms with Crippen LogP contribution in [0.5, 0.6) is 0 Å². The van der Waals surface area contributed by atoms with Crippen LogP contribution in [0, 0.1) is 20.8 Å². The van der Waals surface area contributed by atoms with Crippen molar-refractivity contribution in [3.63, 3.8) is 0 Å². The number of furan rings is 1. The number of hydrogen-bond donors (Lipinski definition) is 3. The second-order valence-electron chi connectivity index (χ2n) is 7.11. The molecule has 0 atom stereocenters. The summed E-state index contributed by atoms with van der Waals surface area (Å²) in [4.78, 5) is 46.4. The van der Waals surface area contributed by atoms with Gasteiger partial charge in [0.1, 0.15) is 17.7 Å². The van der Waals surface area contributed by atoms with Crippen LogP contribution < -0.4 is 16.3 Å². The second-order valence-corrected chi connectivity index (χ2v) is 7.11. The molecule has 0 aliphatic rings. The van der Waals surface area contributed by atoms with Gasteiger partial charge in [-0.3, -0.25) is 14.4 Å². The van der Waals surface area contributed by atoms with Crippen molar-refractivity contribution in [2.75, 3.05) is 13.1 Å². The number of hydrogen-bond acceptors (Lipinski definition) is 6. The molecule has 0 fully saturated rings. The lowest BCUT2D eigenvalue weighted by atomic mass is 9.98. The zero-order valence-electron chi connectivity index (χ0n) is 16.9. The molecule has 158 valence electrons. The number of aryl methyl sites for hydroxylation is 3. The first-order valence-corrected chi connectivity index (χ1v) is 9.38. The number of amides is 2. The van der Waals surface area contributed by atoms with E-state index < -0.39 is 30.0 Å². The van der Waals surface area contributed by atoms with Crippen LogP contribution >= 0.6 is 0 Å². The van der Waals surface area contributed by atoms with E-state index in [0.29, 0.717) is 16.7 Å². The first-order chi connectivity index (χ1) is 14.2. The van der Waals surface area contributed by atoms with Crippen LogP contribution in [0.4, 0.5) is 0 Å². The summed E-state index contributed by atoms with van der Waals surface area (Å²) in [5.74, 6) is -2.22. The number of carbonyl (C=O) groups excluding carboxylic acids is 2. The third kappa shape index (κ3) is 4.19. The standard InChI is InChI=1S/C21H22N2O7/c1-10-9-29-19-12(3)20-15(6-14(10)19)11(2)13(21(28)30-20)4-5-16(24)22-7-17(25)23-8-18(26)27/h6,9H,4-5,7-8H2,1-3H3,(H,22,24)(H,23,25)(H,26,27). The van der Waals surface area contributed by atoms with E-state index in [2.05, 4.69) is 10.6 Å². The number of aliphatic carboxylic acids is 1. The van der Waals surface area contributed by atoms with Gasteiger partial charge >= 0.3 is 11.6 Å². The van der Waals surface area contributed by atoms with Gasteiger partial charge in [0, 0.05) is 28.3 Å². The quantitative estimate of drug-likeness (QED) is 0.500. The number of carbonyl (C=O) groups is 3. The Balaban J connectivity index is 1.76. The fraction of sp³-hybridized carbons (Fsp3) is 0.333. The molecular weight excluding hydrogens is 392 g/mol. The molecule has 0 aliphatic carbocycles. The molecule has 0 unspecified atom stereocenters. The van der Waals surface area contributed by atoms with Crippen molar-refractivity contribution in [3.05, 3.63) is 45.0 Å². The van der Waals surface area contributed by atoms with E-state index in [0.717, 1.165) is 27.5 Å². The Hall–Kier alpha value is -3.62. The lowest BCUT2D eigenvalue weighted by molar-refractivity contribution is -0.137. The molecule has 2 heterocycles. The van der Waals surface area contributed by atoms with E-state index in [9.17, 15) is 19.2 Å². The van der Waals surface area contributed by atoms with Crippen LogP contribution in [0.3, 0.4) is 0 Å². The fourth-order valence-corrected chi connectivity index (χ4v) is 3.35. The van der Waals surface area contributed by atoms with Gasteiger partial charge in [-0.15, -0.1) is 0 Å². The predicted octanol–water partition coefficient (Wildman–Crippen LogP) is 1.71. The smallest absolute Gasteiger partial charge is 0.339 e. The van der Waals surface area contributed by atoms with Crippen molar-refractivity contribution >= 4 is 39.7 Å². The van der Waals surface area contributed by atoms with Gasteiger partial charge in [0.25, 0.3) is 0 Å². The van der Waals surface area contributed by atoms with E-state index in [-0.39, 0.29) is 19.4 Å². The van der Waals surface area contributed by atoms with Crippen LogP contribution in [0.25, 0.3) is 21.9 Å². The predicted molar refractivity (Wildman–Crippen MR) is 108 cm³/mol. The maximum Gasteiger partial charge on any atom is 0.339 e. The van der Waals surface area contributed by atoms with Gasteiger partial charge in [0.15, 0.2) is 0 Å². The van der Waals surface area contributed by atoms with Crippen molar-refractivity contribution in [2.24, 2.45) is 0 Å². The third-order valence-corrected chi connectivity index (χ3v) is 5.02. The van der Waals surface area contributed by atoms with E-state index in [4.69, 9.17) is 13.9 Å². The summed E-state index contributed by atoms with van der Waals surface area (Å²) < 4.78 is 11.1. The summed E-state index contributed by atoms with van der Waals surface area (Å²) in [5, 5.41) is 14.8. The minimum atomic E-state index is -1.17. The highest BCUT2D eigenvalue weighted by Gasteiger charge is 2.18. The topological polar surface area (TPSA) is 139 Å². The number of carboxylic acids is 1. The molecule has 3 N–H and O–H groups in total. The summed E-state index contributed by atoms with van der Waals surface area (Å²) in [5.41, 5.74) is 3.47. The monoisotopic (exact) mass is 414 g/mol. The Morgan fingerprint density at radius 1 is 0.967 bits per heavy atom. The van der Waals surface area contributed by atoms with Crippen LogP contribution in [0.15, 0.2) is 26.0 Å². The second kappa shape index (κ2) is 8.40. The normalized spacial score (nSPS) is 11.0. The van der Waals surface area contributed by atoms with Crippen LogP contribution in [-0.2, 0) is 20.8 Å². The third-order valence-electron chi connectivity index (χ3n) is 5.02. The molecule has 0 spiro atoms. The fourth-order valence-electron chi connectivity index (χ4n) is 3.35. The lowest BCUT2D eigenvalue weighted by Crippen LogP contribution is -2.39. The van der Waals surface area contributed by atoms with E-state index >= 15 is 0 Å². The molecule has 2 aromatic heterocycles. The Labute approximate surface area is 171 Å². The zero-order valence-corrected chi connectivity index (χ0v) is 16.9. The molecule has 0 saturated heterocycles. The first-order valence-electron chi connectivity index (χ1n) is 9.38. The van der Waals surface area contributed by atoms with Crippen molar-refractivity contribution in [3.8, 4) is 0 Å². The molecule has 30 heavy (non-hydrogen) atoms. The largest absolute Gasteiger partial charge is 0.480 e. The van der Waals surface area contributed by atoms with E-state index in [1.165, 1.54) is 0 Å². The molecule has 0 bridgehead atoms. The SMILES string of the molecule is Cc1coc2c(C)c3oc(=O)c(CCC(=O)NCC(=O)NCC(=O)O)c(C)c3cc12. The lowest BCUT2D eigenvalue weighted by Gasteiger charge is -2.10. The Morgan fingerprint density at radius 2 is 1.67 bits per heavy atom. The van der Waals surface area contributed by atoms with Crippen molar-refractivity contribution in [1.82, 2.24) is 10.6 Å². The molecule has 0 aliphatic heterocycles. The Morgan fingerprint density at radius 3 is 2.37 bits per heavy atom. The van der Waals surface area contributed by atoms with E-state index in [1.54, 1.807) is 6.26 Å². The molecule has 9 nitrogen and oxygen atoms in total.